The highest BCUT2D eigenvalue weighted by molar-refractivity contribution is 5.58. The van der Waals surface area contributed by atoms with E-state index in [0.29, 0.717) is 23.8 Å². The van der Waals surface area contributed by atoms with Crippen LogP contribution >= 0.6 is 0 Å². The molecule has 0 radical (unpaired) electrons. The van der Waals surface area contributed by atoms with Crippen LogP contribution in [0.3, 0.4) is 0 Å². The van der Waals surface area contributed by atoms with Crippen LogP contribution in [0.1, 0.15) is 81.9 Å². The van der Waals surface area contributed by atoms with Crippen molar-refractivity contribution in [3.8, 4) is 0 Å². The van der Waals surface area contributed by atoms with Crippen molar-refractivity contribution in [3.63, 3.8) is 0 Å². The minimum absolute atomic E-state index is 0.131. The largest absolute Gasteiger partial charge is 0.393 e. The van der Waals surface area contributed by atoms with Crippen molar-refractivity contribution < 1.29 is 5.11 Å². The molecule has 27 heavy (non-hydrogen) atoms. The lowest BCUT2D eigenvalue weighted by molar-refractivity contribution is 0.121. The van der Waals surface area contributed by atoms with Crippen LogP contribution < -0.4 is 10.6 Å². The van der Waals surface area contributed by atoms with E-state index in [-0.39, 0.29) is 6.10 Å². The van der Waals surface area contributed by atoms with Gasteiger partial charge in [-0.05, 0) is 82.5 Å². The second kappa shape index (κ2) is 8.15. The fourth-order valence-corrected chi connectivity index (χ4v) is 4.55. The van der Waals surface area contributed by atoms with Gasteiger partial charge in [-0.15, -0.1) is 5.10 Å². The molecule has 1 atom stereocenters. The highest BCUT2D eigenvalue weighted by atomic mass is 16.3. The number of nitrogens with one attached hydrogen (secondary N) is 2. The Morgan fingerprint density at radius 2 is 1.93 bits per heavy atom. The van der Waals surface area contributed by atoms with Crippen molar-refractivity contribution in [2.75, 3.05) is 18.4 Å². The standard InChI is InChI=1S/C21H33N5O/c1-3-14(2)24-21-23-13-20-18(15-8-10-22-11-9-15)12-19(26(20)25-21)16-4-6-17(27)7-5-16/h12-17,22,27H,3-11H2,1-2H3,(H,24,25). The first kappa shape index (κ1) is 18.7. The second-order valence-electron chi connectivity index (χ2n) is 8.39. The van der Waals surface area contributed by atoms with Crippen LogP contribution in [-0.2, 0) is 0 Å². The van der Waals surface area contributed by atoms with Gasteiger partial charge in [0.05, 0.1) is 17.8 Å². The van der Waals surface area contributed by atoms with Gasteiger partial charge in [-0.2, -0.15) is 0 Å². The molecule has 0 aromatic carbocycles. The fraction of sp³-hybridized carbons (Fsp3) is 0.714. The van der Waals surface area contributed by atoms with Crippen LogP contribution in [-0.4, -0.2) is 44.9 Å². The van der Waals surface area contributed by atoms with Gasteiger partial charge in [0.15, 0.2) is 0 Å². The maximum absolute atomic E-state index is 9.92. The van der Waals surface area contributed by atoms with E-state index < -0.39 is 0 Å². The lowest BCUT2D eigenvalue weighted by Crippen LogP contribution is -2.26. The molecular weight excluding hydrogens is 338 g/mol. The summed E-state index contributed by atoms with van der Waals surface area (Å²) in [6, 6.07) is 2.75. The highest BCUT2D eigenvalue weighted by Gasteiger charge is 2.27. The van der Waals surface area contributed by atoms with Gasteiger partial charge in [0.1, 0.15) is 0 Å². The Labute approximate surface area is 161 Å². The lowest BCUT2D eigenvalue weighted by Gasteiger charge is -2.25. The van der Waals surface area contributed by atoms with Crippen molar-refractivity contribution in [1.82, 2.24) is 19.9 Å². The summed E-state index contributed by atoms with van der Waals surface area (Å²) in [4.78, 5) is 4.62. The minimum Gasteiger partial charge on any atom is -0.393 e. The van der Waals surface area contributed by atoms with Crippen LogP contribution in [0.4, 0.5) is 5.95 Å². The van der Waals surface area contributed by atoms with E-state index in [1.165, 1.54) is 24.1 Å². The average Bonchev–Trinajstić information content (AvgIpc) is 3.08. The van der Waals surface area contributed by atoms with Crippen LogP contribution in [0.2, 0.25) is 0 Å². The SMILES string of the molecule is CCC(C)Nc1ncc2c(C3CCNCC3)cc(C3CCC(O)CC3)n2n1. The van der Waals surface area contributed by atoms with E-state index in [1.807, 2.05) is 6.20 Å². The molecule has 0 spiro atoms. The van der Waals surface area contributed by atoms with Gasteiger partial charge in [0.25, 0.3) is 0 Å². The molecule has 3 N–H and O–H groups in total. The Balaban J connectivity index is 1.72. The summed E-state index contributed by atoms with van der Waals surface area (Å²) in [6.07, 6.45) is 9.14. The molecule has 0 bridgehead atoms. The number of hydrogen-bond donors (Lipinski definition) is 3. The quantitative estimate of drug-likeness (QED) is 0.751. The molecule has 148 valence electrons. The smallest absolute Gasteiger partial charge is 0.241 e. The molecule has 1 saturated heterocycles. The van der Waals surface area contributed by atoms with E-state index in [9.17, 15) is 5.11 Å². The predicted molar refractivity (Wildman–Crippen MR) is 108 cm³/mol. The number of fused-ring (bicyclic) bond motifs is 1. The van der Waals surface area contributed by atoms with Crippen LogP contribution in [0.25, 0.3) is 5.52 Å². The topological polar surface area (TPSA) is 74.5 Å². The Morgan fingerprint density at radius 3 is 2.63 bits per heavy atom. The zero-order chi connectivity index (χ0) is 18.8. The molecule has 2 aromatic heterocycles. The van der Waals surface area contributed by atoms with Crippen molar-refractivity contribution in [1.29, 1.82) is 0 Å². The molecule has 1 aliphatic carbocycles. The lowest BCUT2D eigenvalue weighted by atomic mass is 9.84. The molecule has 6 nitrogen and oxygen atoms in total. The highest BCUT2D eigenvalue weighted by Crippen LogP contribution is 2.38. The maximum Gasteiger partial charge on any atom is 0.241 e. The first-order valence-electron chi connectivity index (χ1n) is 10.7. The summed E-state index contributed by atoms with van der Waals surface area (Å²) >= 11 is 0. The van der Waals surface area contributed by atoms with Gasteiger partial charge in [0, 0.05) is 17.7 Å². The van der Waals surface area contributed by atoms with Crippen LogP contribution in [0.15, 0.2) is 12.3 Å². The Kier molecular flexibility index (Phi) is 5.64. The molecule has 2 aliphatic rings. The summed E-state index contributed by atoms with van der Waals surface area (Å²) in [6.45, 7) is 6.50. The Hall–Kier alpha value is -1.66. The number of anilines is 1. The van der Waals surface area contributed by atoms with Crippen LogP contribution in [0.5, 0.6) is 0 Å². The van der Waals surface area contributed by atoms with Crippen molar-refractivity contribution in [2.24, 2.45) is 0 Å². The van der Waals surface area contributed by atoms with Gasteiger partial charge >= 0.3 is 0 Å². The Morgan fingerprint density at radius 1 is 1.19 bits per heavy atom. The summed E-state index contributed by atoms with van der Waals surface area (Å²) < 4.78 is 2.15. The van der Waals surface area contributed by atoms with Crippen molar-refractivity contribution in [3.05, 3.63) is 23.5 Å². The van der Waals surface area contributed by atoms with Crippen molar-refractivity contribution >= 4 is 11.5 Å². The van der Waals surface area contributed by atoms with Crippen molar-refractivity contribution in [2.45, 2.75) is 82.8 Å². The summed E-state index contributed by atoms with van der Waals surface area (Å²) in [5.41, 5.74) is 3.88. The number of nitrogens with zero attached hydrogens (tertiary/aromatic N) is 3. The van der Waals surface area contributed by atoms with E-state index in [4.69, 9.17) is 5.10 Å². The number of piperidine rings is 1. The van der Waals surface area contributed by atoms with Gasteiger partial charge in [0.2, 0.25) is 5.95 Å². The average molecular weight is 372 g/mol. The first-order chi connectivity index (χ1) is 13.2. The molecular formula is C21H33N5O. The third-order valence-electron chi connectivity index (χ3n) is 6.46. The van der Waals surface area contributed by atoms with E-state index in [2.05, 4.69) is 40.0 Å². The van der Waals surface area contributed by atoms with E-state index in [1.54, 1.807) is 0 Å². The van der Waals surface area contributed by atoms with E-state index >= 15 is 0 Å². The van der Waals surface area contributed by atoms with Gasteiger partial charge in [-0.1, -0.05) is 6.92 Å². The molecule has 1 saturated carbocycles. The van der Waals surface area contributed by atoms with Gasteiger partial charge in [-0.25, -0.2) is 9.50 Å². The third kappa shape index (κ3) is 3.97. The van der Waals surface area contributed by atoms with Crippen LogP contribution in [0, 0.1) is 0 Å². The van der Waals surface area contributed by atoms with E-state index in [0.717, 1.165) is 50.7 Å². The zero-order valence-corrected chi connectivity index (χ0v) is 16.6. The second-order valence-corrected chi connectivity index (χ2v) is 8.39. The predicted octanol–water partition coefficient (Wildman–Crippen LogP) is 3.43. The molecule has 2 fully saturated rings. The number of rotatable bonds is 5. The zero-order valence-electron chi connectivity index (χ0n) is 16.6. The minimum atomic E-state index is -0.131. The molecule has 1 unspecified atom stereocenters. The monoisotopic (exact) mass is 371 g/mol. The maximum atomic E-state index is 9.92. The normalized spacial score (nSPS) is 25.6. The number of hydrogen-bond acceptors (Lipinski definition) is 5. The molecule has 4 rings (SSSR count). The molecule has 6 heteroatoms. The molecule has 0 amide bonds. The third-order valence-corrected chi connectivity index (χ3v) is 6.46. The Bertz CT molecular complexity index is 759. The number of aromatic nitrogens is 3. The fourth-order valence-electron chi connectivity index (χ4n) is 4.55. The number of aliphatic hydroxyl groups is 1. The molecule has 3 heterocycles. The number of aliphatic hydroxyl groups excluding tert-OH is 1. The first-order valence-corrected chi connectivity index (χ1v) is 10.7. The molecule has 2 aromatic rings. The summed E-state index contributed by atoms with van der Waals surface area (Å²) in [5, 5.41) is 21.7. The summed E-state index contributed by atoms with van der Waals surface area (Å²) in [5.74, 6) is 1.77. The van der Waals surface area contributed by atoms with Gasteiger partial charge in [-0.3, -0.25) is 0 Å². The summed E-state index contributed by atoms with van der Waals surface area (Å²) in [7, 11) is 0. The van der Waals surface area contributed by atoms with Gasteiger partial charge < -0.3 is 15.7 Å². The molecule has 1 aliphatic heterocycles.